The molecule has 0 saturated carbocycles. The van der Waals surface area contributed by atoms with Crippen LogP contribution in [0.4, 0.5) is 10.5 Å². The van der Waals surface area contributed by atoms with E-state index in [2.05, 4.69) is 20.8 Å². The van der Waals surface area contributed by atoms with Gasteiger partial charge in [-0.25, -0.2) is 4.79 Å². The van der Waals surface area contributed by atoms with Gasteiger partial charge in [0.2, 0.25) is 11.8 Å². The number of aromatic nitrogens is 2. The van der Waals surface area contributed by atoms with E-state index in [4.69, 9.17) is 9.15 Å². The van der Waals surface area contributed by atoms with E-state index >= 15 is 0 Å². The van der Waals surface area contributed by atoms with Crippen molar-refractivity contribution in [2.75, 3.05) is 23.1 Å². The number of aryl methyl sites for hydroxylation is 1. The number of benzene rings is 1. The Morgan fingerprint density at radius 3 is 2.65 bits per heavy atom. The van der Waals surface area contributed by atoms with Gasteiger partial charge in [0, 0.05) is 5.69 Å². The lowest BCUT2D eigenvalue weighted by Crippen LogP contribution is -2.35. The van der Waals surface area contributed by atoms with Crippen LogP contribution in [-0.2, 0) is 16.0 Å². The molecule has 1 aromatic heterocycles. The first-order valence-electron chi connectivity index (χ1n) is 10.0. The van der Waals surface area contributed by atoms with Crippen molar-refractivity contribution in [1.29, 1.82) is 0 Å². The molecular weight excluding hydrogens is 436 g/mol. The topological polar surface area (TPSA) is 106 Å². The van der Waals surface area contributed by atoms with Crippen LogP contribution in [0.3, 0.4) is 0 Å². The number of ether oxygens (including phenoxy) is 1. The van der Waals surface area contributed by atoms with Crippen molar-refractivity contribution in [1.82, 2.24) is 15.5 Å². The van der Waals surface area contributed by atoms with Crippen LogP contribution in [0.25, 0.3) is 0 Å². The molecule has 10 heteroatoms. The number of carbonyl (C=O) groups excluding carboxylic acids is 2. The zero-order chi connectivity index (χ0) is 22.9. The first-order chi connectivity index (χ1) is 14.7. The molecule has 8 nitrogen and oxygen atoms in total. The molecule has 2 N–H and O–H groups in total. The lowest BCUT2D eigenvalue weighted by atomic mass is 10.1. The lowest BCUT2D eigenvalue weighted by molar-refractivity contribution is -0.113. The predicted molar refractivity (Wildman–Crippen MR) is 125 cm³/mol. The first kappa shape index (κ1) is 25.1. The maximum absolute atomic E-state index is 12.3. The van der Waals surface area contributed by atoms with Crippen molar-refractivity contribution >= 4 is 41.2 Å². The fraction of sp³-hybridized carbons (Fsp3) is 0.524. The van der Waals surface area contributed by atoms with Crippen LogP contribution in [0.1, 0.15) is 51.6 Å². The van der Waals surface area contributed by atoms with E-state index < -0.39 is 17.7 Å². The molecule has 1 atom stereocenters. The third kappa shape index (κ3) is 8.82. The van der Waals surface area contributed by atoms with Gasteiger partial charge in [-0.2, -0.15) is 11.8 Å². The summed E-state index contributed by atoms with van der Waals surface area (Å²) >= 11 is 2.80. The second-order valence-corrected chi connectivity index (χ2v) is 9.65. The zero-order valence-corrected chi connectivity index (χ0v) is 20.2. The molecular formula is C21H30N4O4S2. The number of thioether (sulfide) groups is 2. The van der Waals surface area contributed by atoms with Crippen LogP contribution < -0.4 is 10.6 Å². The molecule has 2 aromatic rings. The molecule has 0 unspecified atom stereocenters. The third-order valence-electron chi connectivity index (χ3n) is 4.02. The summed E-state index contributed by atoms with van der Waals surface area (Å²) in [5.41, 5.74) is 1.28. The van der Waals surface area contributed by atoms with Crippen LogP contribution in [0.15, 0.2) is 33.9 Å². The normalized spacial score (nSPS) is 12.3. The van der Waals surface area contributed by atoms with Gasteiger partial charge in [0.1, 0.15) is 11.6 Å². The number of nitrogens with one attached hydrogen (secondary N) is 2. The number of para-hydroxylation sites is 1. The van der Waals surface area contributed by atoms with E-state index in [0.29, 0.717) is 12.3 Å². The number of carbonyl (C=O) groups is 2. The summed E-state index contributed by atoms with van der Waals surface area (Å²) in [6.45, 7) is 7.44. The Balaban J connectivity index is 1.95. The van der Waals surface area contributed by atoms with Gasteiger partial charge in [-0.1, -0.05) is 36.9 Å². The van der Waals surface area contributed by atoms with Crippen LogP contribution >= 0.6 is 23.5 Å². The predicted octanol–water partition coefficient (Wildman–Crippen LogP) is 4.68. The van der Waals surface area contributed by atoms with E-state index in [0.717, 1.165) is 35.2 Å². The van der Waals surface area contributed by atoms with Crippen LogP contribution in [0.2, 0.25) is 0 Å². The Hall–Kier alpha value is -2.20. The highest BCUT2D eigenvalue weighted by atomic mass is 32.2. The van der Waals surface area contributed by atoms with E-state index in [1.54, 1.807) is 32.5 Å². The van der Waals surface area contributed by atoms with Crippen molar-refractivity contribution in [2.24, 2.45) is 0 Å². The molecule has 31 heavy (non-hydrogen) atoms. The number of rotatable bonds is 10. The van der Waals surface area contributed by atoms with Gasteiger partial charge in [-0.15, -0.1) is 10.2 Å². The van der Waals surface area contributed by atoms with Crippen molar-refractivity contribution in [3.8, 4) is 0 Å². The van der Waals surface area contributed by atoms with E-state index in [1.807, 2.05) is 37.4 Å². The number of anilines is 1. The molecule has 1 heterocycles. The minimum atomic E-state index is -0.603. The lowest BCUT2D eigenvalue weighted by Gasteiger charge is -2.22. The summed E-state index contributed by atoms with van der Waals surface area (Å²) < 4.78 is 11.0. The number of nitrogens with zero attached hydrogens (tertiary/aromatic N) is 2. The van der Waals surface area contributed by atoms with Gasteiger partial charge in [0.05, 0.1) is 5.75 Å². The van der Waals surface area contributed by atoms with Crippen LogP contribution in [0, 0.1) is 0 Å². The number of hydrogen-bond donors (Lipinski definition) is 2. The minimum absolute atomic E-state index is 0.134. The van der Waals surface area contributed by atoms with Gasteiger partial charge in [0.15, 0.2) is 0 Å². The van der Waals surface area contributed by atoms with Gasteiger partial charge >= 0.3 is 6.09 Å². The molecule has 1 aromatic carbocycles. The molecule has 0 saturated heterocycles. The van der Waals surface area contributed by atoms with Gasteiger partial charge in [-0.3, -0.25) is 4.79 Å². The average molecular weight is 467 g/mol. The Kier molecular flexibility index (Phi) is 9.70. The van der Waals surface area contributed by atoms with Crippen molar-refractivity contribution in [2.45, 2.75) is 57.4 Å². The maximum atomic E-state index is 12.3. The molecule has 0 aliphatic heterocycles. The molecule has 0 spiro atoms. The third-order valence-corrected chi connectivity index (χ3v) is 5.48. The molecule has 0 radical (unpaired) electrons. The average Bonchev–Trinajstić information content (AvgIpc) is 3.17. The van der Waals surface area contributed by atoms with Crippen molar-refractivity contribution in [3.63, 3.8) is 0 Å². The first-order valence-corrected chi connectivity index (χ1v) is 12.4. The van der Waals surface area contributed by atoms with Crippen molar-refractivity contribution < 1.29 is 18.7 Å². The minimum Gasteiger partial charge on any atom is -0.444 e. The Labute approximate surface area is 191 Å². The molecule has 170 valence electrons. The highest BCUT2D eigenvalue weighted by Crippen LogP contribution is 2.24. The summed E-state index contributed by atoms with van der Waals surface area (Å²) in [7, 11) is 0. The highest BCUT2D eigenvalue weighted by Gasteiger charge is 2.24. The second kappa shape index (κ2) is 12.0. The Morgan fingerprint density at radius 1 is 1.23 bits per heavy atom. The number of amides is 2. The summed E-state index contributed by atoms with van der Waals surface area (Å²) in [5.74, 6) is 1.06. The molecule has 0 aliphatic rings. The number of hydrogen-bond acceptors (Lipinski definition) is 8. The quantitative estimate of drug-likeness (QED) is 0.486. The van der Waals surface area contributed by atoms with Crippen LogP contribution in [-0.4, -0.2) is 45.6 Å². The largest absolute Gasteiger partial charge is 0.444 e. The fourth-order valence-corrected chi connectivity index (χ4v) is 3.67. The van der Waals surface area contributed by atoms with Crippen molar-refractivity contribution in [3.05, 3.63) is 35.7 Å². The smallest absolute Gasteiger partial charge is 0.408 e. The summed E-state index contributed by atoms with van der Waals surface area (Å²) in [4.78, 5) is 24.5. The number of alkyl carbamates (subject to hydrolysis) is 1. The van der Waals surface area contributed by atoms with Crippen LogP contribution in [0.5, 0.6) is 0 Å². The molecule has 0 bridgehead atoms. The Bertz CT molecular complexity index is 867. The van der Waals surface area contributed by atoms with Gasteiger partial charge in [-0.05, 0) is 57.3 Å². The molecule has 2 rings (SSSR count). The zero-order valence-electron chi connectivity index (χ0n) is 18.6. The Morgan fingerprint density at radius 2 is 1.97 bits per heavy atom. The summed E-state index contributed by atoms with van der Waals surface area (Å²) in [5, 5.41) is 14.0. The molecule has 2 amide bonds. The summed E-state index contributed by atoms with van der Waals surface area (Å²) in [6, 6.07) is 7.24. The fourth-order valence-electron chi connectivity index (χ4n) is 2.63. The summed E-state index contributed by atoms with van der Waals surface area (Å²) in [6.07, 6.45) is 2.88. The van der Waals surface area contributed by atoms with E-state index in [9.17, 15) is 9.59 Å². The van der Waals surface area contributed by atoms with Gasteiger partial charge in [0.25, 0.3) is 5.22 Å². The van der Waals surface area contributed by atoms with Gasteiger partial charge < -0.3 is 19.8 Å². The SMILES string of the molecule is CCc1ccccc1NC(=O)CSc1nnc([C@@H](CCSC)NC(=O)OC(C)(C)C)o1. The second-order valence-electron chi connectivity index (χ2n) is 7.73. The highest BCUT2D eigenvalue weighted by molar-refractivity contribution is 7.99. The molecule has 0 fully saturated rings. The maximum Gasteiger partial charge on any atom is 0.408 e. The van der Waals surface area contributed by atoms with E-state index in [1.165, 1.54) is 0 Å². The monoisotopic (exact) mass is 466 g/mol. The molecule has 0 aliphatic carbocycles. The van der Waals surface area contributed by atoms with E-state index in [-0.39, 0.29) is 16.9 Å². The standard InChI is InChI=1S/C21H30N4O4S2/c1-6-14-9-7-8-10-15(14)22-17(26)13-31-20-25-24-18(28-20)16(11-12-30-5)23-19(27)29-21(2,3)4/h7-10,16H,6,11-13H2,1-5H3,(H,22,26)(H,23,27)/t16-/m1/s1.